The Morgan fingerprint density at radius 2 is 1.79 bits per heavy atom. The van der Waals surface area contributed by atoms with Crippen LogP contribution in [0.15, 0.2) is 18.2 Å². The van der Waals surface area contributed by atoms with Crippen LogP contribution in [-0.4, -0.2) is 30.0 Å². The quantitative estimate of drug-likeness (QED) is 0.634. The van der Waals surface area contributed by atoms with Gasteiger partial charge in [0.15, 0.2) is 0 Å². The highest BCUT2D eigenvalue weighted by atomic mass is 16.5. The number of hydrogen-bond donors (Lipinski definition) is 3. The Labute approximate surface area is 115 Å². The molecule has 0 radical (unpaired) electrons. The molecule has 1 atom stereocenters. The molecule has 0 aliphatic carbocycles. The van der Waals surface area contributed by atoms with Crippen molar-refractivity contribution in [1.29, 1.82) is 0 Å². The van der Waals surface area contributed by atoms with E-state index in [-0.39, 0.29) is 17.5 Å². The van der Waals surface area contributed by atoms with Crippen LogP contribution in [0.25, 0.3) is 0 Å². The van der Waals surface area contributed by atoms with Crippen LogP contribution in [0.4, 0.5) is 0 Å². The van der Waals surface area contributed by atoms with Crippen LogP contribution >= 0.6 is 0 Å². The smallest absolute Gasteiger partial charge is 0.124 e. The summed E-state index contributed by atoms with van der Waals surface area (Å²) in [7, 11) is 0. The number of ether oxygens (including phenoxy) is 1. The molecular weight excluding hydrogens is 242 g/mol. The van der Waals surface area contributed by atoms with Gasteiger partial charge in [-0.25, -0.2) is 0 Å². The number of aromatic hydroxyl groups is 2. The molecule has 19 heavy (non-hydrogen) atoms. The first-order valence-corrected chi connectivity index (χ1v) is 6.84. The lowest BCUT2D eigenvalue weighted by atomic mass is 10.1. The molecule has 3 N–H and O–H groups in total. The first kappa shape index (κ1) is 15.8. The second kappa shape index (κ2) is 8.02. The van der Waals surface area contributed by atoms with Crippen LogP contribution in [0.3, 0.4) is 0 Å². The first-order valence-electron chi connectivity index (χ1n) is 6.84. The maximum absolute atomic E-state index is 9.74. The van der Waals surface area contributed by atoms with Crippen LogP contribution in [-0.2, 0) is 4.74 Å². The van der Waals surface area contributed by atoms with Gasteiger partial charge in [0.05, 0.1) is 5.56 Å². The molecule has 108 valence electrons. The monoisotopic (exact) mass is 267 g/mol. The molecule has 0 amide bonds. The molecule has 0 aliphatic rings. The van der Waals surface area contributed by atoms with Crippen molar-refractivity contribution in [2.75, 3.05) is 19.8 Å². The summed E-state index contributed by atoms with van der Waals surface area (Å²) in [5.74, 6) is 0.803. The average Bonchev–Trinajstić information content (AvgIpc) is 2.33. The molecular formula is C15H25NO3. The second-order valence-electron chi connectivity index (χ2n) is 5.21. The number of nitrogens with one attached hydrogen (secondary N) is 1. The Morgan fingerprint density at radius 3 is 2.37 bits per heavy atom. The fraction of sp³-hybridized carbons (Fsp3) is 0.600. The van der Waals surface area contributed by atoms with E-state index in [4.69, 9.17) is 4.74 Å². The zero-order chi connectivity index (χ0) is 14.3. The molecule has 1 rings (SSSR count). The maximum Gasteiger partial charge on any atom is 0.124 e. The summed E-state index contributed by atoms with van der Waals surface area (Å²) >= 11 is 0. The summed E-state index contributed by atoms with van der Waals surface area (Å²) in [4.78, 5) is 0. The van der Waals surface area contributed by atoms with E-state index in [1.165, 1.54) is 0 Å². The van der Waals surface area contributed by atoms with Gasteiger partial charge in [0, 0.05) is 19.3 Å². The summed E-state index contributed by atoms with van der Waals surface area (Å²) in [5.41, 5.74) is 0.547. The highest BCUT2D eigenvalue weighted by Crippen LogP contribution is 2.31. The van der Waals surface area contributed by atoms with Gasteiger partial charge in [-0.3, -0.25) is 0 Å². The normalized spacial score (nSPS) is 12.8. The molecule has 0 heterocycles. The molecule has 0 aliphatic heterocycles. The van der Waals surface area contributed by atoms with E-state index in [0.717, 1.165) is 26.2 Å². The predicted octanol–water partition coefficient (Wildman–Crippen LogP) is 2.81. The largest absolute Gasteiger partial charge is 0.507 e. The van der Waals surface area contributed by atoms with Crippen LogP contribution in [0.5, 0.6) is 11.5 Å². The third-order valence-corrected chi connectivity index (χ3v) is 2.86. The number of phenolic OH excluding ortho intramolecular Hbond substituents is 2. The van der Waals surface area contributed by atoms with Crippen molar-refractivity contribution >= 4 is 0 Å². The number of benzene rings is 1. The maximum atomic E-state index is 9.74. The van der Waals surface area contributed by atoms with E-state index in [1.54, 1.807) is 18.2 Å². The van der Waals surface area contributed by atoms with E-state index < -0.39 is 0 Å². The van der Waals surface area contributed by atoms with E-state index in [1.807, 2.05) is 6.92 Å². The standard InChI is InChI=1S/C15H25NO3/c1-11(2)10-19-9-5-8-16-12(3)15-13(17)6-4-7-14(15)18/h4,6-7,11-12,16-18H,5,8-10H2,1-3H3. The predicted molar refractivity (Wildman–Crippen MR) is 76.5 cm³/mol. The van der Waals surface area contributed by atoms with Crippen molar-refractivity contribution in [3.8, 4) is 11.5 Å². The Kier molecular flexibility index (Phi) is 6.67. The summed E-state index contributed by atoms with van der Waals surface area (Å²) < 4.78 is 5.49. The first-order chi connectivity index (χ1) is 9.02. The van der Waals surface area contributed by atoms with Crippen LogP contribution in [0.1, 0.15) is 38.8 Å². The third-order valence-electron chi connectivity index (χ3n) is 2.86. The Bertz CT molecular complexity index is 359. The summed E-state index contributed by atoms with van der Waals surface area (Å²) in [6.07, 6.45) is 0.908. The van der Waals surface area contributed by atoms with Gasteiger partial charge in [0.1, 0.15) is 11.5 Å². The zero-order valence-electron chi connectivity index (χ0n) is 12.0. The lowest BCUT2D eigenvalue weighted by Gasteiger charge is -2.17. The summed E-state index contributed by atoms with van der Waals surface area (Å²) in [6.45, 7) is 8.47. The molecule has 0 saturated heterocycles. The molecule has 0 saturated carbocycles. The molecule has 1 aromatic carbocycles. The fourth-order valence-corrected chi connectivity index (χ4v) is 1.90. The average molecular weight is 267 g/mol. The van der Waals surface area contributed by atoms with Crippen LogP contribution in [0, 0.1) is 5.92 Å². The van der Waals surface area contributed by atoms with Gasteiger partial charge < -0.3 is 20.3 Å². The molecule has 0 aromatic heterocycles. The number of rotatable bonds is 8. The van der Waals surface area contributed by atoms with Gasteiger partial charge in [-0.15, -0.1) is 0 Å². The molecule has 0 spiro atoms. The van der Waals surface area contributed by atoms with Crippen molar-refractivity contribution in [3.63, 3.8) is 0 Å². The SMILES string of the molecule is CC(C)COCCCNC(C)c1c(O)cccc1O. The van der Waals surface area contributed by atoms with Crippen molar-refractivity contribution in [2.45, 2.75) is 33.2 Å². The van der Waals surface area contributed by atoms with Crippen molar-refractivity contribution in [1.82, 2.24) is 5.32 Å². The van der Waals surface area contributed by atoms with Crippen molar-refractivity contribution in [3.05, 3.63) is 23.8 Å². The molecule has 4 heteroatoms. The lowest BCUT2D eigenvalue weighted by Crippen LogP contribution is -2.21. The zero-order valence-corrected chi connectivity index (χ0v) is 12.0. The summed E-state index contributed by atoms with van der Waals surface area (Å²) in [6, 6.07) is 4.70. The molecule has 1 aromatic rings. The topological polar surface area (TPSA) is 61.7 Å². The fourth-order valence-electron chi connectivity index (χ4n) is 1.90. The van der Waals surface area contributed by atoms with Crippen LogP contribution < -0.4 is 5.32 Å². The number of phenols is 2. The molecule has 0 fully saturated rings. The Hall–Kier alpha value is -1.26. The summed E-state index contributed by atoms with van der Waals surface area (Å²) in [5, 5.41) is 22.7. The van der Waals surface area contributed by atoms with E-state index in [0.29, 0.717) is 11.5 Å². The molecule has 4 nitrogen and oxygen atoms in total. The van der Waals surface area contributed by atoms with Gasteiger partial charge in [-0.05, 0) is 37.9 Å². The Balaban J connectivity index is 2.30. The van der Waals surface area contributed by atoms with Gasteiger partial charge >= 0.3 is 0 Å². The third kappa shape index (κ3) is 5.49. The Morgan fingerprint density at radius 1 is 1.16 bits per heavy atom. The van der Waals surface area contributed by atoms with E-state index >= 15 is 0 Å². The van der Waals surface area contributed by atoms with Gasteiger partial charge in [-0.1, -0.05) is 19.9 Å². The molecule has 1 unspecified atom stereocenters. The second-order valence-corrected chi connectivity index (χ2v) is 5.21. The minimum atomic E-state index is -0.0914. The van der Waals surface area contributed by atoms with Gasteiger partial charge in [-0.2, -0.15) is 0 Å². The van der Waals surface area contributed by atoms with Crippen molar-refractivity contribution in [2.24, 2.45) is 5.92 Å². The lowest BCUT2D eigenvalue weighted by molar-refractivity contribution is 0.107. The van der Waals surface area contributed by atoms with E-state index in [2.05, 4.69) is 19.2 Å². The molecule has 0 bridgehead atoms. The highest BCUT2D eigenvalue weighted by Gasteiger charge is 2.13. The van der Waals surface area contributed by atoms with Crippen molar-refractivity contribution < 1.29 is 14.9 Å². The number of hydrogen-bond acceptors (Lipinski definition) is 4. The minimum absolute atomic E-state index is 0.0914. The minimum Gasteiger partial charge on any atom is -0.507 e. The van der Waals surface area contributed by atoms with Crippen LogP contribution in [0.2, 0.25) is 0 Å². The van der Waals surface area contributed by atoms with Gasteiger partial charge in [0.25, 0.3) is 0 Å². The highest BCUT2D eigenvalue weighted by molar-refractivity contribution is 5.44. The van der Waals surface area contributed by atoms with Gasteiger partial charge in [0.2, 0.25) is 0 Å². The van der Waals surface area contributed by atoms with E-state index in [9.17, 15) is 10.2 Å².